The van der Waals surface area contributed by atoms with Crippen molar-refractivity contribution in [1.82, 2.24) is 0 Å². The van der Waals surface area contributed by atoms with E-state index < -0.39 is 0 Å². The number of hydrogen-bond acceptors (Lipinski definition) is 3. The molecule has 2 atom stereocenters. The van der Waals surface area contributed by atoms with Gasteiger partial charge in [-0.05, 0) is 49.2 Å². The van der Waals surface area contributed by atoms with Gasteiger partial charge in [-0.25, -0.2) is 0 Å². The Morgan fingerprint density at radius 2 is 2.19 bits per heavy atom. The van der Waals surface area contributed by atoms with Crippen LogP contribution in [0.15, 0.2) is 15.9 Å². The second-order valence-electron chi connectivity index (χ2n) is 4.68. The summed E-state index contributed by atoms with van der Waals surface area (Å²) < 4.78 is 7.21. The molecule has 0 saturated carbocycles. The van der Waals surface area contributed by atoms with Gasteiger partial charge >= 0.3 is 0 Å². The van der Waals surface area contributed by atoms with Gasteiger partial charge in [0.15, 0.2) is 0 Å². The first-order valence-electron chi connectivity index (χ1n) is 5.53. The molecule has 0 aliphatic rings. The molecule has 2 N–H and O–H groups in total. The molecule has 1 aromatic rings. The van der Waals surface area contributed by atoms with Gasteiger partial charge in [0.1, 0.15) is 6.10 Å². The van der Waals surface area contributed by atoms with Gasteiger partial charge in [-0.2, -0.15) is 0 Å². The maximum atomic E-state index is 6.11. The molecule has 0 saturated heterocycles. The zero-order valence-corrected chi connectivity index (χ0v) is 12.7. The van der Waals surface area contributed by atoms with Crippen molar-refractivity contribution in [2.75, 3.05) is 0 Å². The molecule has 0 aliphatic heterocycles. The maximum Gasteiger partial charge on any atom is 0.107 e. The first-order chi connectivity index (χ1) is 7.35. The average Bonchev–Trinajstić information content (AvgIpc) is 2.61. The van der Waals surface area contributed by atoms with Crippen molar-refractivity contribution in [3.05, 3.63) is 20.8 Å². The summed E-state index contributed by atoms with van der Waals surface area (Å²) in [5.74, 6) is 0. The van der Waals surface area contributed by atoms with Crippen LogP contribution in [0.1, 0.15) is 45.1 Å². The molecule has 2 unspecified atom stereocenters. The van der Waals surface area contributed by atoms with Gasteiger partial charge in [0.2, 0.25) is 0 Å². The molecule has 92 valence electrons. The Morgan fingerprint density at radius 1 is 1.56 bits per heavy atom. The van der Waals surface area contributed by atoms with E-state index in [1.807, 2.05) is 6.92 Å². The Kier molecular flexibility index (Phi) is 4.98. The van der Waals surface area contributed by atoms with Gasteiger partial charge in [0.25, 0.3) is 0 Å². The fourth-order valence-electron chi connectivity index (χ4n) is 1.33. The predicted octanol–water partition coefficient (Wildman–Crippen LogP) is 4.10. The van der Waals surface area contributed by atoms with Crippen LogP contribution in [0.5, 0.6) is 0 Å². The Hall–Kier alpha value is 0.1000. The molecule has 0 aliphatic carbocycles. The molecule has 0 aromatic carbocycles. The highest BCUT2D eigenvalue weighted by atomic mass is 79.9. The van der Waals surface area contributed by atoms with Crippen molar-refractivity contribution < 1.29 is 4.74 Å². The highest BCUT2D eigenvalue weighted by Crippen LogP contribution is 2.33. The summed E-state index contributed by atoms with van der Waals surface area (Å²) in [6.07, 6.45) is 0.953. The van der Waals surface area contributed by atoms with Crippen LogP contribution in [0.3, 0.4) is 0 Å². The molecular weight excluding hydrogens is 286 g/mol. The molecule has 0 bridgehead atoms. The topological polar surface area (TPSA) is 35.2 Å². The van der Waals surface area contributed by atoms with Crippen LogP contribution < -0.4 is 5.73 Å². The predicted molar refractivity (Wildman–Crippen MR) is 73.9 cm³/mol. The third kappa shape index (κ3) is 3.84. The lowest BCUT2D eigenvalue weighted by Crippen LogP contribution is -2.34. The van der Waals surface area contributed by atoms with E-state index in [1.54, 1.807) is 11.3 Å². The Bertz CT molecular complexity index is 336. The van der Waals surface area contributed by atoms with Gasteiger partial charge < -0.3 is 10.5 Å². The maximum absolute atomic E-state index is 6.11. The highest BCUT2D eigenvalue weighted by molar-refractivity contribution is 9.10. The molecule has 1 heterocycles. The highest BCUT2D eigenvalue weighted by Gasteiger charge is 2.26. The minimum absolute atomic E-state index is 0.00336. The number of rotatable bonds is 5. The number of halogens is 1. The van der Waals surface area contributed by atoms with E-state index in [4.69, 9.17) is 10.5 Å². The lowest BCUT2D eigenvalue weighted by Gasteiger charge is -2.31. The molecule has 2 nitrogen and oxygen atoms in total. The Morgan fingerprint density at radius 3 is 2.56 bits per heavy atom. The summed E-state index contributed by atoms with van der Waals surface area (Å²) in [7, 11) is 0. The van der Waals surface area contributed by atoms with Gasteiger partial charge in [-0.15, -0.1) is 11.3 Å². The van der Waals surface area contributed by atoms with Gasteiger partial charge in [-0.3, -0.25) is 0 Å². The van der Waals surface area contributed by atoms with Crippen molar-refractivity contribution in [2.45, 2.75) is 51.9 Å². The van der Waals surface area contributed by atoms with E-state index in [2.05, 4.69) is 48.1 Å². The SMILES string of the molecule is CCC(C)(C)OC(c1cc(Br)cs1)C(C)N. The van der Waals surface area contributed by atoms with Crippen molar-refractivity contribution in [3.8, 4) is 0 Å². The van der Waals surface area contributed by atoms with Crippen molar-refractivity contribution in [1.29, 1.82) is 0 Å². The van der Waals surface area contributed by atoms with Crippen LogP contribution in [0.4, 0.5) is 0 Å². The quantitative estimate of drug-likeness (QED) is 0.888. The van der Waals surface area contributed by atoms with E-state index in [9.17, 15) is 0 Å². The van der Waals surface area contributed by atoms with Gasteiger partial charge in [0.05, 0.1) is 5.60 Å². The Labute approximate surface area is 110 Å². The van der Waals surface area contributed by atoms with E-state index in [0.717, 1.165) is 10.9 Å². The third-order valence-electron chi connectivity index (χ3n) is 2.64. The molecular formula is C12H20BrNOS. The van der Waals surface area contributed by atoms with Crippen LogP contribution in [-0.2, 0) is 4.74 Å². The molecule has 0 amide bonds. The largest absolute Gasteiger partial charge is 0.365 e. The summed E-state index contributed by atoms with van der Waals surface area (Å²) in [5, 5.41) is 2.06. The lowest BCUT2D eigenvalue weighted by molar-refractivity contribution is -0.0818. The number of ether oxygens (including phenoxy) is 1. The van der Waals surface area contributed by atoms with Crippen LogP contribution in [-0.4, -0.2) is 11.6 Å². The summed E-state index contributed by atoms with van der Waals surface area (Å²) in [4.78, 5) is 1.18. The monoisotopic (exact) mass is 305 g/mol. The summed E-state index contributed by atoms with van der Waals surface area (Å²) in [6.45, 7) is 8.32. The molecule has 16 heavy (non-hydrogen) atoms. The van der Waals surface area contributed by atoms with E-state index in [1.165, 1.54) is 4.88 Å². The van der Waals surface area contributed by atoms with E-state index in [-0.39, 0.29) is 17.7 Å². The summed E-state index contributed by atoms with van der Waals surface area (Å²) >= 11 is 5.15. The smallest absolute Gasteiger partial charge is 0.107 e. The van der Waals surface area contributed by atoms with Crippen molar-refractivity contribution >= 4 is 27.3 Å². The fraction of sp³-hybridized carbons (Fsp3) is 0.667. The number of nitrogens with two attached hydrogens (primary N) is 1. The zero-order chi connectivity index (χ0) is 12.3. The van der Waals surface area contributed by atoms with Gasteiger partial charge in [0, 0.05) is 20.8 Å². The second kappa shape index (κ2) is 5.63. The molecule has 1 aromatic heterocycles. The number of hydrogen-bond donors (Lipinski definition) is 1. The van der Waals surface area contributed by atoms with E-state index >= 15 is 0 Å². The minimum Gasteiger partial charge on any atom is -0.365 e. The standard InChI is InChI=1S/C12H20BrNOS/c1-5-12(3,4)15-11(8(2)14)10-6-9(13)7-16-10/h6-8,11H,5,14H2,1-4H3. The number of thiophene rings is 1. The summed E-state index contributed by atoms with van der Waals surface area (Å²) in [5.41, 5.74) is 5.88. The van der Waals surface area contributed by atoms with Crippen molar-refractivity contribution in [3.63, 3.8) is 0 Å². The van der Waals surface area contributed by atoms with Gasteiger partial charge in [-0.1, -0.05) is 6.92 Å². The molecule has 0 fully saturated rings. The van der Waals surface area contributed by atoms with Crippen LogP contribution >= 0.6 is 27.3 Å². The second-order valence-corrected chi connectivity index (χ2v) is 6.54. The zero-order valence-electron chi connectivity index (χ0n) is 10.3. The fourth-order valence-corrected chi connectivity index (χ4v) is 2.92. The third-order valence-corrected chi connectivity index (χ3v) is 4.40. The molecule has 0 spiro atoms. The summed E-state index contributed by atoms with van der Waals surface area (Å²) in [6, 6.07) is 2.08. The average molecular weight is 306 g/mol. The lowest BCUT2D eigenvalue weighted by atomic mass is 10.0. The molecule has 1 rings (SSSR count). The van der Waals surface area contributed by atoms with Crippen LogP contribution in [0.25, 0.3) is 0 Å². The van der Waals surface area contributed by atoms with Crippen molar-refractivity contribution in [2.24, 2.45) is 5.73 Å². The Balaban J connectivity index is 2.84. The van der Waals surface area contributed by atoms with Crippen LogP contribution in [0.2, 0.25) is 0 Å². The first-order valence-corrected chi connectivity index (χ1v) is 7.20. The van der Waals surface area contributed by atoms with Crippen LogP contribution in [0, 0.1) is 0 Å². The van der Waals surface area contributed by atoms with E-state index in [0.29, 0.717) is 0 Å². The normalized spacial score (nSPS) is 16.1. The molecule has 0 radical (unpaired) electrons. The first kappa shape index (κ1) is 14.2. The molecule has 4 heteroatoms. The minimum atomic E-state index is -0.130.